The Balaban J connectivity index is 2.30. The lowest BCUT2D eigenvalue weighted by Crippen LogP contribution is -2.29. The molecule has 0 aliphatic carbocycles. The van der Waals surface area contributed by atoms with E-state index in [0.717, 1.165) is 25.3 Å². The monoisotopic (exact) mass is 262 g/mol. The summed E-state index contributed by atoms with van der Waals surface area (Å²) < 4.78 is 5.46. The van der Waals surface area contributed by atoms with Crippen molar-refractivity contribution < 1.29 is 4.74 Å². The summed E-state index contributed by atoms with van der Waals surface area (Å²) in [6.07, 6.45) is 2.91. The van der Waals surface area contributed by atoms with E-state index in [-0.39, 0.29) is 0 Å². The van der Waals surface area contributed by atoms with Gasteiger partial charge in [-0.3, -0.25) is 0 Å². The molecule has 1 aromatic carbocycles. The maximum absolute atomic E-state index is 5.46. The minimum absolute atomic E-state index is 0.527. The van der Waals surface area contributed by atoms with Crippen LogP contribution in [0, 0.1) is 0 Å². The highest BCUT2D eigenvalue weighted by molar-refractivity contribution is 5.27. The van der Waals surface area contributed by atoms with Gasteiger partial charge in [0.15, 0.2) is 0 Å². The smallest absolute Gasteiger partial charge is 0.119 e. The Kier molecular flexibility index (Phi) is 7.23. The van der Waals surface area contributed by atoms with Gasteiger partial charge in [0.1, 0.15) is 12.4 Å². The SMILES string of the molecule is C=CCOc1ccc(CNC(C)CCN(C)C)cc1. The number of benzene rings is 1. The van der Waals surface area contributed by atoms with Gasteiger partial charge in [-0.1, -0.05) is 24.8 Å². The van der Waals surface area contributed by atoms with Crippen molar-refractivity contribution in [3.05, 3.63) is 42.5 Å². The van der Waals surface area contributed by atoms with Gasteiger partial charge < -0.3 is 15.0 Å². The second-order valence-corrected chi connectivity index (χ2v) is 5.12. The van der Waals surface area contributed by atoms with Gasteiger partial charge in [0, 0.05) is 12.6 Å². The van der Waals surface area contributed by atoms with Crippen molar-refractivity contribution in [3.63, 3.8) is 0 Å². The van der Waals surface area contributed by atoms with Crippen LogP contribution in [0.15, 0.2) is 36.9 Å². The van der Waals surface area contributed by atoms with Gasteiger partial charge in [-0.25, -0.2) is 0 Å². The molecule has 0 aromatic heterocycles. The van der Waals surface area contributed by atoms with Gasteiger partial charge in [-0.05, 0) is 51.7 Å². The van der Waals surface area contributed by atoms with E-state index < -0.39 is 0 Å². The van der Waals surface area contributed by atoms with Crippen LogP contribution in [0.2, 0.25) is 0 Å². The van der Waals surface area contributed by atoms with E-state index in [1.807, 2.05) is 12.1 Å². The van der Waals surface area contributed by atoms with Crippen LogP contribution < -0.4 is 10.1 Å². The molecule has 0 saturated heterocycles. The normalized spacial score (nSPS) is 12.4. The van der Waals surface area contributed by atoms with Gasteiger partial charge in [-0.15, -0.1) is 0 Å². The molecule has 1 atom stereocenters. The lowest BCUT2D eigenvalue weighted by molar-refractivity contribution is 0.362. The predicted molar refractivity (Wildman–Crippen MR) is 81.6 cm³/mol. The highest BCUT2D eigenvalue weighted by atomic mass is 16.5. The van der Waals surface area contributed by atoms with E-state index in [4.69, 9.17) is 4.74 Å². The van der Waals surface area contributed by atoms with Crippen molar-refractivity contribution in [2.75, 3.05) is 27.2 Å². The van der Waals surface area contributed by atoms with Crippen molar-refractivity contribution in [1.82, 2.24) is 10.2 Å². The molecule has 0 spiro atoms. The summed E-state index contributed by atoms with van der Waals surface area (Å²) in [5.74, 6) is 0.893. The van der Waals surface area contributed by atoms with Crippen LogP contribution in [-0.4, -0.2) is 38.2 Å². The second-order valence-electron chi connectivity index (χ2n) is 5.12. The maximum atomic E-state index is 5.46. The number of nitrogens with zero attached hydrogens (tertiary/aromatic N) is 1. The Hall–Kier alpha value is -1.32. The summed E-state index contributed by atoms with van der Waals surface area (Å²) in [7, 11) is 4.21. The molecule has 1 aromatic rings. The topological polar surface area (TPSA) is 24.5 Å². The number of rotatable bonds is 9. The van der Waals surface area contributed by atoms with Crippen molar-refractivity contribution in [1.29, 1.82) is 0 Å². The molecule has 1 rings (SSSR count). The molecule has 0 radical (unpaired) electrons. The van der Waals surface area contributed by atoms with E-state index in [0.29, 0.717) is 12.6 Å². The number of hydrogen-bond donors (Lipinski definition) is 1. The van der Waals surface area contributed by atoms with Gasteiger partial charge in [-0.2, -0.15) is 0 Å². The number of hydrogen-bond acceptors (Lipinski definition) is 3. The molecule has 0 saturated carbocycles. The van der Waals surface area contributed by atoms with Gasteiger partial charge in [0.25, 0.3) is 0 Å². The highest BCUT2D eigenvalue weighted by Gasteiger charge is 2.02. The van der Waals surface area contributed by atoms with Crippen molar-refractivity contribution in [2.45, 2.75) is 25.9 Å². The fourth-order valence-electron chi connectivity index (χ4n) is 1.70. The average Bonchev–Trinajstić information content (AvgIpc) is 2.41. The zero-order valence-corrected chi connectivity index (χ0v) is 12.4. The van der Waals surface area contributed by atoms with Crippen molar-refractivity contribution in [3.8, 4) is 5.75 Å². The highest BCUT2D eigenvalue weighted by Crippen LogP contribution is 2.12. The lowest BCUT2D eigenvalue weighted by Gasteiger charge is -2.16. The van der Waals surface area contributed by atoms with Crippen molar-refractivity contribution in [2.24, 2.45) is 0 Å². The Morgan fingerprint density at radius 3 is 2.58 bits per heavy atom. The fourth-order valence-corrected chi connectivity index (χ4v) is 1.70. The maximum Gasteiger partial charge on any atom is 0.119 e. The average molecular weight is 262 g/mol. The summed E-state index contributed by atoms with van der Waals surface area (Å²) in [4.78, 5) is 2.21. The molecule has 0 aliphatic heterocycles. The van der Waals surface area contributed by atoms with E-state index >= 15 is 0 Å². The third-order valence-corrected chi connectivity index (χ3v) is 2.96. The number of nitrogens with one attached hydrogen (secondary N) is 1. The molecule has 1 N–H and O–H groups in total. The molecule has 3 heteroatoms. The largest absolute Gasteiger partial charge is 0.490 e. The third-order valence-electron chi connectivity index (χ3n) is 2.96. The van der Waals surface area contributed by atoms with Crippen LogP contribution >= 0.6 is 0 Å². The fraction of sp³-hybridized carbons (Fsp3) is 0.500. The summed E-state index contributed by atoms with van der Waals surface area (Å²) in [6.45, 7) is 8.43. The Morgan fingerprint density at radius 2 is 2.00 bits per heavy atom. The second kappa shape index (κ2) is 8.73. The third kappa shape index (κ3) is 6.99. The first-order valence-corrected chi connectivity index (χ1v) is 6.82. The predicted octanol–water partition coefficient (Wildman–Crippen LogP) is 2.68. The summed E-state index contributed by atoms with van der Waals surface area (Å²) in [5, 5.41) is 3.53. The van der Waals surface area contributed by atoms with Gasteiger partial charge in [0.05, 0.1) is 0 Å². The Morgan fingerprint density at radius 1 is 1.32 bits per heavy atom. The van der Waals surface area contributed by atoms with Crippen LogP contribution in [0.25, 0.3) is 0 Å². The summed E-state index contributed by atoms with van der Waals surface area (Å²) in [5.41, 5.74) is 1.28. The molecule has 106 valence electrons. The zero-order valence-electron chi connectivity index (χ0n) is 12.4. The molecule has 3 nitrogen and oxygen atoms in total. The van der Waals surface area contributed by atoms with E-state index in [1.165, 1.54) is 5.56 Å². The first-order valence-electron chi connectivity index (χ1n) is 6.82. The van der Waals surface area contributed by atoms with Crippen LogP contribution in [0.4, 0.5) is 0 Å². The van der Waals surface area contributed by atoms with Crippen LogP contribution in [0.1, 0.15) is 18.9 Å². The minimum Gasteiger partial charge on any atom is -0.490 e. The van der Waals surface area contributed by atoms with E-state index in [1.54, 1.807) is 6.08 Å². The first kappa shape index (κ1) is 15.7. The molecule has 0 aliphatic rings. The minimum atomic E-state index is 0.527. The molecule has 0 fully saturated rings. The molecule has 0 bridgehead atoms. The number of ether oxygens (including phenoxy) is 1. The van der Waals surface area contributed by atoms with Crippen LogP contribution in [-0.2, 0) is 6.54 Å². The summed E-state index contributed by atoms with van der Waals surface area (Å²) >= 11 is 0. The molecule has 0 heterocycles. The zero-order chi connectivity index (χ0) is 14.1. The molecule has 0 amide bonds. The standard InChI is InChI=1S/C16H26N2O/c1-5-12-19-16-8-6-15(7-9-16)13-17-14(2)10-11-18(3)4/h5-9,14,17H,1,10-13H2,2-4H3. The van der Waals surface area contributed by atoms with Gasteiger partial charge in [0.2, 0.25) is 0 Å². The van der Waals surface area contributed by atoms with Crippen molar-refractivity contribution >= 4 is 0 Å². The Labute approximate surface area is 117 Å². The van der Waals surface area contributed by atoms with E-state index in [9.17, 15) is 0 Å². The molecule has 1 unspecified atom stereocenters. The quantitative estimate of drug-likeness (QED) is 0.693. The van der Waals surface area contributed by atoms with Crippen LogP contribution in [0.3, 0.4) is 0 Å². The van der Waals surface area contributed by atoms with E-state index in [2.05, 4.69) is 49.9 Å². The molecular formula is C16H26N2O. The van der Waals surface area contributed by atoms with Gasteiger partial charge >= 0.3 is 0 Å². The Bertz CT molecular complexity index is 360. The van der Waals surface area contributed by atoms with Crippen LogP contribution in [0.5, 0.6) is 5.75 Å². The molecular weight excluding hydrogens is 236 g/mol. The first-order chi connectivity index (χ1) is 9.11. The lowest BCUT2D eigenvalue weighted by atomic mass is 10.2. The summed E-state index contributed by atoms with van der Waals surface area (Å²) in [6, 6.07) is 8.74. The molecule has 19 heavy (non-hydrogen) atoms.